The highest BCUT2D eigenvalue weighted by molar-refractivity contribution is 7.89. The number of halogens is 1. The lowest BCUT2D eigenvalue weighted by Crippen LogP contribution is -2.39. The number of nitrogens with zero attached hydrogens (tertiary/aromatic N) is 1. The molecule has 0 saturated carbocycles. The average Bonchev–Trinajstić information content (AvgIpc) is 3.32. The molecule has 1 fully saturated rings. The highest BCUT2D eigenvalue weighted by atomic mass is 35.5. The maximum absolute atomic E-state index is 12.5. The topological polar surface area (TPSA) is 84.9 Å². The second-order valence-corrected chi connectivity index (χ2v) is 9.51. The number of carbonyl (C=O) groups is 1. The predicted octanol–water partition coefficient (Wildman–Crippen LogP) is 3.48. The maximum Gasteiger partial charge on any atom is 0.261 e. The van der Waals surface area contributed by atoms with Gasteiger partial charge in [-0.3, -0.25) is 4.79 Å². The summed E-state index contributed by atoms with van der Waals surface area (Å²) in [7, 11) is -3.44. The molecule has 3 rings (SSSR count). The number of para-hydroxylation sites is 1. The van der Waals surface area contributed by atoms with Gasteiger partial charge in [0.2, 0.25) is 10.0 Å². The maximum atomic E-state index is 12.5. The van der Waals surface area contributed by atoms with Crippen LogP contribution in [0.5, 0.6) is 11.5 Å². The van der Waals surface area contributed by atoms with Gasteiger partial charge in [0.25, 0.3) is 5.91 Å². The molecule has 1 aliphatic rings. The zero-order valence-corrected chi connectivity index (χ0v) is 19.0. The Morgan fingerprint density at radius 3 is 2.45 bits per heavy atom. The number of rotatable bonds is 10. The van der Waals surface area contributed by atoms with Crippen molar-refractivity contribution in [3.63, 3.8) is 0 Å². The summed E-state index contributed by atoms with van der Waals surface area (Å²) in [6, 6.07) is 13.4. The molecule has 1 heterocycles. The highest BCUT2D eigenvalue weighted by Gasteiger charge is 2.27. The molecule has 1 aliphatic heterocycles. The lowest BCUT2D eigenvalue weighted by molar-refractivity contribution is -0.128. The van der Waals surface area contributed by atoms with Crippen molar-refractivity contribution in [2.45, 2.75) is 37.2 Å². The van der Waals surface area contributed by atoms with Crippen molar-refractivity contribution in [1.82, 2.24) is 9.62 Å². The Morgan fingerprint density at radius 1 is 1.13 bits per heavy atom. The van der Waals surface area contributed by atoms with Crippen LogP contribution >= 0.6 is 11.6 Å². The minimum Gasteiger partial charge on any atom is -0.492 e. The van der Waals surface area contributed by atoms with E-state index < -0.39 is 16.1 Å². The second kappa shape index (κ2) is 10.8. The third kappa shape index (κ3) is 6.12. The van der Waals surface area contributed by atoms with Gasteiger partial charge in [0.15, 0.2) is 6.10 Å². The third-order valence-electron chi connectivity index (χ3n) is 4.97. The minimum atomic E-state index is -3.44. The predicted molar refractivity (Wildman–Crippen MR) is 119 cm³/mol. The molecule has 1 atom stereocenters. The number of benzene rings is 2. The lowest BCUT2D eigenvalue weighted by Gasteiger charge is -2.18. The summed E-state index contributed by atoms with van der Waals surface area (Å²) in [5.74, 6) is 0.749. The van der Waals surface area contributed by atoms with Crippen LogP contribution in [0.4, 0.5) is 0 Å². The molecule has 0 bridgehead atoms. The molecule has 0 spiro atoms. The normalized spacial score (nSPS) is 15.4. The third-order valence-corrected chi connectivity index (χ3v) is 7.19. The highest BCUT2D eigenvalue weighted by Crippen LogP contribution is 2.25. The summed E-state index contributed by atoms with van der Waals surface area (Å²) in [6.45, 7) is 3.52. The van der Waals surface area contributed by atoms with E-state index in [0.29, 0.717) is 36.0 Å². The Morgan fingerprint density at radius 2 is 1.81 bits per heavy atom. The van der Waals surface area contributed by atoms with Gasteiger partial charge in [-0.1, -0.05) is 30.7 Å². The van der Waals surface area contributed by atoms with Gasteiger partial charge in [0, 0.05) is 13.1 Å². The molecule has 1 N–H and O–H groups in total. The molecule has 0 unspecified atom stereocenters. The summed E-state index contributed by atoms with van der Waals surface area (Å²) in [5, 5.41) is 3.23. The van der Waals surface area contributed by atoms with Gasteiger partial charge in [-0.15, -0.1) is 0 Å². The van der Waals surface area contributed by atoms with Gasteiger partial charge in [-0.05, 0) is 55.7 Å². The van der Waals surface area contributed by atoms with Gasteiger partial charge in [-0.25, -0.2) is 8.42 Å². The first-order chi connectivity index (χ1) is 14.9. The minimum absolute atomic E-state index is 0.243. The lowest BCUT2D eigenvalue weighted by atomic mass is 10.2. The average molecular weight is 467 g/mol. The van der Waals surface area contributed by atoms with Crippen LogP contribution in [-0.2, 0) is 14.8 Å². The van der Waals surface area contributed by atoms with Gasteiger partial charge in [0.1, 0.15) is 18.1 Å². The largest absolute Gasteiger partial charge is 0.492 e. The van der Waals surface area contributed by atoms with Crippen molar-refractivity contribution in [2.75, 3.05) is 26.2 Å². The number of sulfonamides is 1. The quantitative estimate of drug-likeness (QED) is 0.542. The summed E-state index contributed by atoms with van der Waals surface area (Å²) >= 11 is 6.08. The first-order valence-electron chi connectivity index (χ1n) is 10.3. The molecule has 1 amide bonds. The molecule has 31 heavy (non-hydrogen) atoms. The van der Waals surface area contributed by atoms with Crippen LogP contribution in [0, 0.1) is 0 Å². The van der Waals surface area contributed by atoms with E-state index >= 15 is 0 Å². The van der Waals surface area contributed by atoms with Gasteiger partial charge < -0.3 is 14.8 Å². The summed E-state index contributed by atoms with van der Waals surface area (Å²) < 4.78 is 37.9. The van der Waals surface area contributed by atoms with Crippen LogP contribution in [0.25, 0.3) is 0 Å². The summed E-state index contributed by atoms with van der Waals surface area (Å²) in [6.07, 6.45) is 1.63. The van der Waals surface area contributed by atoms with Crippen molar-refractivity contribution in [3.05, 3.63) is 53.6 Å². The molecule has 2 aromatic rings. The van der Waals surface area contributed by atoms with E-state index in [1.165, 1.54) is 4.31 Å². The number of carbonyl (C=O) groups excluding carboxylic acids is 1. The first kappa shape index (κ1) is 23.4. The Bertz CT molecular complexity index is 976. The number of amides is 1. The second-order valence-electron chi connectivity index (χ2n) is 7.17. The number of hydrogen-bond acceptors (Lipinski definition) is 5. The molecular formula is C22H27ClN2O5S. The van der Waals surface area contributed by atoms with Crippen molar-refractivity contribution in [1.29, 1.82) is 0 Å². The molecule has 1 saturated heterocycles. The van der Waals surface area contributed by atoms with E-state index in [0.717, 1.165) is 12.8 Å². The summed E-state index contributed by atoms with van der Waals surface area (Å²) in [4.78, 5) is 12.6. The van der Waals surface area contributed by atoms with Crippen molar-refractivity contribution < 1.29 is 22.7 Å². The standard InChI is InChI=1S/C22H27ClN2O5S/c1-2-20(30-21-8-4-3-7-19(21)23)22(26)24-13-16-29-17-9-11-18(12-10-17)31(27,28)25-14-5-6-15-25/h3-4,7-12,20H,2,5-6,13-16H2,1H3,(H,24,26)/t20-/m1/s1. The molecule has 0 radical (unpaired) electrons. The van der Waals surface area contributed by atoms with Crippen molar-refractivity contribution >= 4 is 27.5 Å². The molecule has 7 nitrogen and oxygen atoms in total. The zero-order chi connectivity index (χ0) is 22.3. The molecule has 2 aromatic carbocycles. The molecule has 9 heteroatoms. The first-order valence-corrected chi connectivity index (χ1v) is 12.2. The molecule has 0 aliphatic carbocycles. The van der Waals surface area contributed by atoms with E-state index in [9.17, 15) is 13.2 Å². The summed E-state index contributed by atoms with van der Waals surface area (Å²) in [5.41, 5.74) is 0. The van der Waals surface area contributed by atoms with Crippen LogP contribution in [0.2, 0.25) is 5.02 Å². The monoisotopic (exact) mass is 466 g/mol. The van der Waals surface area contributed by atoms with Gasteiger partial charge >= 0.3 is 0 Å². The van der Waals surface area contributed by atoms with Crippen LogP contribution in [-0.4, -0.2) is 51.0 Å². The Labute approximate surface area is 188 Å². The van der Waals surface area contributed by atoms with E-state index in [-0.39, 0.29) is 24.0 Å². The van der Waals surface area contributed by atoms with E-state index in [1.807, 2.05) is 6.92 Å². The number of nitrogens with one attached hydrogen (secondary N) is 1. The van der Waals surface area contributed by atoms with Gasteiger partial charge in [0.05, 0.1) is 16.5 Å². The smallest absolute Gasteiger partial charge is 0.261 e. The van der Waals surface area contributed by atoms with E-state index in [4.69, 9.17) is 21.1 Å². The van der Waals surface area contributed by atoms with Gasteiger partial charge in [-0.2, -0.15) is 4.31 Å². The Balaban J connectivity index is 1.45. The van der Waals surface area contributed by atoms with E-state index in [1.54, 1.807) is 48.5 Å². The van der Waals surface area contributed by atoms with Crippen LogP contribution in [0.1, 0.15) is 26.2 Å². The Kier molecular flexibility index (Phi) is 8.17. The molecule has 168 valence electrons. The van der Waals surface area contributed by atoms with E-state index in [2.05, 4.69) is 5.32 Å². The number of ether oxygens (including phenoxy) is 2. The zero-order valence-electron chi connectivity index (χ0n) is 17.4. The number of hydrogen-bond donors (Lipinski definition) is 1. The fourth-order valence-electron chi connectivity index (χ4n) is 3.26. The van der Waals surface area contributed by atoms with Crippen LogP contribution < -0.4 is 14.8 Å². The molecular weight excluding hydrogens is 440 g/mol. The molecule has 0 aromatic heterocycles. The fourth-order valence-corrected chi connectivity index (χ4v) is 4.96. The Hall–Kier alpha value is -2.29. The fraction of sp³-hybridized carbons (Fsp3) is 0.409. The van der Waals surface area contributed by atoms with Crippen LogP contribution in [0.15, 0.2) is 53.4 Å². The van der Waals surface area contributed by atoms with Crippen molar-refractivity contribution in [3.8, 4) is 11.5 Å². The van der Waals surface area contributed by atoms with Crippen molar-refractivity contribution in [2.24, 2.45) is 0 Å². The van der Waals surface area contributed by atoms with Crippen LogP contribution in [0.3, 0.4) is 0 Å². The SMILES string of the molecule is CC[C@@H](Oc1ccccc1Cl)C(=O)NCCOc1ccc(S(=O)(=O)N2CCCC2)cc1.